The van der Waals surface area contributed by atoms with Crippen molar-refractivity contribution in [1.82, 2.24) is 0 Å². The number of rotatable bonds is 7. The Kier molecular flexibility index (Phi) is 5.94. The van der Waals surface area contributed by atoms with E-state index in [1.807, 2.05) is 54.6 Å². The van der Waals surface area contributed by atoms with Crippen LogP contribution in [0.15, 0.2) is 78.9 Å². The predicted octanol–water partition coefficient (Wildman–Crippen LogP) is 4.53. The summed E-state index contributed by atoms with van der Waals surface area (Å²) in [5, 5.41) is 0. The summed E-state index contributed by atoms with van der Waals surface area (Å²) >= 11 is 0. The fourth-order valence-corrected chi connectivity index (χ4v) is 2.51. The molecule has 3 aromatic rings. The van der Waals surface area contributed by atoms with Crippen molar-refractivity contribution in [2.75, 3.05) is 25.7 Å². The molecular formula is C22H21NO4. The highest BCUT2D eigenvalue weighted by Gasteiger charge is 2.15. The van der Waals surface area contributed by atoms with Gasteiger partial charge in [-0.1, -0.05) is 30.3 Å². The standard InChI is InChI=1S/C22H21NO4/c1-23(20-10-6-7-11-21(20)25-2)22(24)16-26-17-12-14-19(15-13-17)27-18-8-4-3-5-9-18/h3-15H,16H2,1-2H3. The van der Waals surface area contributed by atoms with Crippen LogP contribution in [0.2, 0.25) is 0 Å². The second-order valence-corrected chi connectivity index (χ2v) is 5.80. The van der Waals surface area contributed by atoms with Crippen molar-refractivity contribution in [2.24, 2.45) is 0 Å². The molecule has 0 atom stereocenters. The summed E-state index contributed by atoms with van der Waals surface area (Å²) in [5.41, 5.74) is 0.695. The van der Waals surface area contributed by atoms with Crippen LogP contribution in [-0.4, -0.2) is 26.7 Å². The number of para-hydroxylation sites is 3. The third-order valence-electron chi connectivity index (χ3n) is 3.99. The number of carbonyl (C=O) groups excluding carboxylic acids is 1. The topological polar surface area (TPSA) is 48.0 Å². The molecule has 0 aliphatic heterocycles. The van der Waals surface area contributed by atoms with Gasteiger partial charge in [0, 0.05) is 7.05 Å². The number of ether oxygens (including phenoxy) is 3. The lowest BCUT2D eigenvalue weighted by molar-refractivity contribution is -0.120. The molecule has 3 aromatic carbocycles. The van der Waals surface area contributed by atoms with Crippen molar-refractivity contribution in [3.8, 4) is 23.0 Å². The maximum atomic E-state index is 12.4. The zero-order chi connectivity index (χ0) is 19.1. The maximum Gasteiger partial charge on any atom is 0.264 e. The molecule has 138 valence electrons. The van der Waals surface area contributed by atoms with E-state index in [2.05, 4.69) is 0 Å². The van der Waals surface area contributed by atoms with Crippen LogP contribution in [0.4, 0.5) is 5.69 Å². The molecule has 0 fully saturated rings. The van der Waals surface area contributed by atoms with E-state index in [9.17, 15) is 4.79 Å². The Morgan fingerprint density at radius 1 is 0.815 bits per heavy atom. The summed E-state index contributed by atoms with van der Waals surface area (Å²) in [7, 11) is 3.27. The SMILES string of the molecule is COc1ccccc1N(C)C(=O)COc1ccc(Oc2ccccc2)cc1. The minimum absolute atomic E-state index is 0.0760. The van der Waals surface area contributed by atoms with E-state index in [1.54, 1.807) is 38.4 Å². The average Bonchev–Trinajstić information content (AvgIpc) is 2.73. The fraction of sp³-hybridized carbons (Fsp3) is 0.136. The van der Waals surface area contributed by atoms with Gasteiger partial charge < -0.3 is 19.1 Å². The summed E-state index contributed by atoms with van der Waals surface area (Å²) in [5.74, 6) is 2.52. The van der Waals surface area contributed by atoms with Crippen LogP contribution >= 0.6 is 0 Å². The van der Waals surface area contributed by atoms with Gasteiger partial charge in [-0.25, -0.2) is 0 Å². The number of anilines is 1. The lowest BCUT2D eigenvalue weighted by atomic mass is 10.2. The number of hydrogen-bond acceptors (Lipinski definition) is 4. The van der Waals surface area contributed by atoms with Crippen LogP contribution in [0.1, 0.15) is 0 Å². The van der Waals surface area contributed by atoms with E-state index < -0.39 is 0 Å². The van der Waals surface area contributed by atoms with Gasteiger partial charge in [-0.3, -0.25) is 4.79 Å². The Morgan fingerprint density at radius 2 is 1.41 bits per heavy atom. The van der Waals surface area contributed by atoms with Crippen LogP contribution in [0.5, 0.6) is 23.0 Å². The average molecular weight is 363 g/mol. The maximum absolute atomic E-state index is 12.4. The molecule has 5 heteroatoms. The van der Waals surface area contributed by atoms with Crippen molar-refractivity contribution in [2.45, 2.75) is 0 Å². The van der Waals surface area contributed by atoms with Crippen LogP contribution in [0.25, 0.3) is 0 Å². The number of nitrogens with zero attached hydrogens (tertiary/aromatic N) is 1. The highest BCUT2D eigenvalue weighted by molar-refractivity contribution is 5.95. The van der Waals surface area contributed by atoms with Gasteiger partial charge >= 0.3 is 0 Å². The summed E-state index contributed by atoms with van der Waals surface area (Å²) < 4.78 is 16.6. The molecule has 0 heterocycles. The lowest BCUT2D eigenvalue weighted by Gasteiger charge is -2.20. The molecule has 0 aliphatic carbocycles. The highest BCUT2D eigenvalue weighted by atomic mass is 16.5. The zero-order valence-electron chi connectivity index (χ0n) is 15.3. The molecule has 0 aromatic heterocycles. The molecule has 0 aliphatic rings. The van der Waals surface area contributed by atoms with Crippen LogP contribution in [-0.2, 0) is 4.79 Å². The number of amides is 1. The first-order chi connectivity index (χ1) is 13.2. The molecule has 0 saturated heterocycles. The largest absolute Gasteiger partial charge is 0.495 e. The van der Waals surface area contributed by atoms with Gasteiger partial charge in [0.25, 0.3) is 5.91 Å². The zero-order valence-corrected chi connectivity index (χ0v) is 15.3. The van der Waals surface area contributed by atoms with Gasteiger partial charge in [0.2, 0.25) is 0 Å². The first kappa shape index (κ1) is 18.3. The smallest absolute Gasteiger partial charge is 0.264 e. The molecule has 0 radical (unpaired) electrons. The Balaban J connectivity index is 1.57. The minimum atomic E-state index is -0.177. The molecule has 0 saturated carbocycles. The molecule has 3 rings (SSSR count). The molecule has 0 N–H and O–H groups in total. The molecular weight excluding hydrogens is 342 g/mol. The van der Waals surface area contributed by atoms with E-state index in [-0.39, 0.29) is 12.5 Å². The van der Waals surface area contributed by atoms with Crippen molar-refractivity contribution in [3.63, 3.8) is 0 Å². The van der Waals surface area contributed by atoms with E-state index in [0.29, 0.717) is 22.9 Å². The summed E-state index contributed by atoms with van der Waals surface area (Å²) in [6, 6.07) is 24.0. The molecule has 1 amide bonds. The van der Waals surface area contributed by atoms with E-state index in [1.165, 1.54) is 4.90 Å². The lowest BCUT2D eigenvalue weighted by Crippen LogP contribution is -2.31. The second kappa shape index (κ2) is 8.76. The van der Waals surface area contributed by atoms with Crippen molar-refractivity contribution >= 4 is 11.6 Å². The fourth-order valence-electron chi connectivity index (χ4n) is 2.51. The van der Waals surface area contributed by atoms with Gasteiger partial charge in [0.15, 0.2) is 6.61 Å². The van der Waals surface area contributed by atoms with Crippen molar-refractivity contribution < 1.29 is 19.0 Å². The summed E-state index contributed by atoms with van der Waals surface area (Å²) in [6.07, 6.45) is 0. The normalized spacial score (nSPS) is 10.1. The molecule has 0 unspecified atom stereocenters. The Labute approximate surface area is 158 Å². The highest BCUT2D eigenvalue weighted by Crippen LogP contribution is 2.27. The summed E-state index contributed by atoms with van der Waals surface area (Å²) in [4.78, 5) is 13.9. The van der Waals surface area contributed by atoms with E-state index in [4.69, 9.17) is 14.2 Å². The summed E-state index contributed by atoms with van der Waals surface area (Å²) in [6.45, 7) is -0.0760. The van der Waals surface area contributed by atoms with Gasteiger partial charge in [0.1, 0.15) is 23.0 Å². The van der Waals surface area contributed by atoms with Crippen molar-refractivity contribution in [1.29, 1.82) is 0 Å². The molecule has 0 bridgehead atoms. The number of carbonyl (C=O) groups is 1. The van der Waals surface area contributed by atoms with Crippen LogP contribution < -0.4 is 19.1 Å². The monoisotopic (exact) mass is 363 g/mol. The van der Waals surface area contributed by atoms with E-state index in [0.717, 1.165) is 5.75 Å². The quantitative estimate of drug-likeness (QED) is 0.619. The van der Waals surface area contributed by atoms with E-state index >= 15 is 0 Å². The third-order valence-corrected chi connectivity index (χ3v) is 3.99. The Bertz CT molecular complexity index is 878. The van der Waals surface area contributed by atoms with Crippen LogP contribution in [0.3, 0.4) is 0 Å². The number of likely N-dealkylation sites (N-methyl/N-ethyl adjacent to an activating group) is 1. The van der Waals surface area contributed by atoms with Gasteiger partial charge in [-0.05, 0) is 48.5 Å². The Hall–Kier alpha value is -3.47. The molecule has 27 heavy (non-hydrogen) atoms. The van der Waals surface area contributed by atoms with Gasteiger partial charge in [-0.2, -0.15) is 0 Å². The minimum Gasteiger partial charge on any atom is -0.495 e. The third kappa shape index (κ3) is 4.79. The predicted molar refractivity (Wildman–Crippen MR) is 105 cm³/mol. The van der Waals surface area contributed by atoms with Gasteiger partial charge in [0.05, 0.1) is 12.8 Å². The van der Waals surface area contributed by atoms with Crippen LogP contribution in [0, 0.1) is 0 Å². The van der Waals surface area contributed by atoms with Crippen molar-refractivity contribution in [3.05, 3.63) is 78.9 Å². The number of benzene rings is 3. The molecule has 5 nitrogen and oxygen atoms in total. The first-order valence-electron chi connectivity index (χ1n) is 8.52. The second-order valence-electron chi connectivity index (χ2n) is 5.80. The number of hydrogen-bond donors (Lipinski definition) is 0. The number of methoxy groups -OCH3 is 1. The Morgan fingerprint density at radius 3 is 2.11 bits per heavy atom. The first-order valence-corrected chi connectivity index (χ1v) is 8.52. The van der Waals surface area contributed by atoms with Gasteiger partial charge in [-0.15, -0.1) is 0 Å². The molecule has 0 spiro atoms.